The molecule has 5 nitrogen and oxygen atoms in total. The normalized spacial score (nSPS) is 10.7. The molecule has 90 valence electrons. The lowest BCUT2D eigenvalue weighted by Gasteiger charge is -1.93. The maximum absolute atomic E-state index is 5.61. The van der Waals surface area contributed by atoms with Crippen molar-refractivity contribution >= 4 is 0 Å². The minimum Gasteiger partial charge on any atom is -0.420 e. The largest absolute Gasteiger partial charge is 0.420 e. The number of benzene rings is 1. The summed E-state index contributed by atoms with van der Waals surface area (Å²) in [4.78, 5) is 0. The molecule has 0 bridgehead atoms. The molecule has 0 amide bonds. The summed E-state index contributed by atoms with van der Waals surface area (Å²) in [6.07, 6.45) is 2.14. The summed E-state index contributed by atoms with van der Waals surface area (Å²) in [5.74, 6) is 1.08. The third kappa shape index (κ3) is 2.02. The Labute approximate surface area is 103 Å². The van der Waals surface area contributed by atoms with E-state index in [9.17, 15) is 0 Å². The van der Waals surface area contributed by atoms with Crippen molar-refractivity contribution in [3.8, 4) is 11.5 Å². The van der Waals surface area contributed by atoms with Crippen LogP contribution < -0.4 is 0 Å². The van der Waals surface area contributed by atoms with Gasteiger partial charge in [0, 0.05) is 11.1 Å². The van der Waals surface area contributed by atoms with E-state index in [1.54, 1.807) is 6.26 Å². The Bertz CT molecular complexity index is 643. The summed E-state index contributed by atoms with van der Waals surface area (Å²) in [6.45, 7) is 1.88. The third-order valence-corrected chi connectivity index (χ3v) is 2.68. The Kier molecular flexibility index (Phi) is 2.64. The second kappa shape index (κ2) is 4.44. The predicted molar refractivity (Wildman–Crippen MR) is 63.8 cm³/mol. The first-order valence-electron chi connectivity index (χ1n) is 5.60. The lowest BCUT2D eigenvalue weighted by atomic mass is 10.2. The quantitative estimate of drug-likeness (QED) is 0.705. The van der Waals surface area contributed by atoms with Crippen molar-refractivity contribution in [3.63, 3.8) is 0 Å². The monoisotopic (exact) mass is 241 g/mol. The molecule has 0 unspecified atom stereocenters. The van der Waals surface area contributed by atoms with Gasteiger partial charge >= 0.3 is 0 Å². The number of aryl methyl sites for hydroxylation is 1. The van der Waals surface area contributed by atoms with Gasteiger partial charge in [0.2, 0.25) is 11.8 Å². The molecule has 0 spiro atoms. The van der Waals surface area contributed by atoms with Crippen molar-refractivity contribution in [3.05, 3.63) is 53.7 Å². The van der Waals surface area contributed by atoms with Crippen LogP contribution >= 0.6 is 0 Å². The first-order chi connectivity index (χ1) is 8.83. The maximum Gasteiger partial charge on any atom is 0.247 e. The smallest absolute Gasteiger partial charge is 0.247 e. The molecule has 0 fully saturated rings. The van der Waals surface area contributed by atoms with Crippen molar-refractivity contribution in [2.75, 3.05) is 0 Å². The molecule has 1 aromatic carbocycles. The minimum absolute atomic E-state index is 0.528. The summed E-state index contributed by atoms with van der Waals surface area (Å²) < 4.78 is 10.5. The summed E-state index contributed by atoms with van der Waals surface area (Å²) in [6, 6.07) is 9.68. The highest BCUT2D eigenvalue weighted by Gasteiger charge is 2.11. The molecule has 0 aliphatic heterocycles. The minimum atomic E-state index is 0.528. The number of hydrogen-bond acceptors (Lipinski definition) is 5. The molecule has 0 saturated carbocycles. The molecule has 0 radical (unpaired) electrons. The molecule has 3 aromatic rings. The van der Waals surface area contributed by atoms with Crippen LogP contribution in [0.25, 0.3) is 11.5 Å². The predicted octanol–water partition coefficient (Wildman–Crippen LogP) is 2.62. The van der Waals surface area contributed by atoms with Gasteiger partial charge in [-0.3, -0.25) is 0 Å². The van der Waals surface area contributed by atoms with Crippen molar-refractivity contribution in [2.24, 2.45) is 0 Å². The van der Waals surface area contributed by atoms with E-state index in [4.69, 9.17) is 8.94 Å². The van der Waals surface area contributed by atoms with Crippen molar-refractivity contribution in [2.45, 2.75) is 13.3 Å². The van der Waals surface area contributed by atoms with Gasteiger partial charge in [-0.15, -0.1) is 10.2 Å². The zero-order chi connectivity index (χ0) is 12.4. The Morgan fingerprint density at radius 1 is 1.11 bits per heavy atom. The zero-order valence-electron chi connectivity index (χ0n) is 9.83. The molecular formula is C13H11N3O2. The molecule has 5 heteroatoms. The topological polar surface area (TPSA) is 65.0 Å². The van der Waals surface area contributed by atoms with Gasteiger partial charge in [-0.2, -0.15) is 0 Å². The Balaban J connectivity index is 1.84. The van der Waals surface area contributed by atoms with E-state index < -0.39 is 0 Å². The summed E-state index contributed by atoms with van der Waals surface area (Å²) in [5.41, 5.74) is 2.71. The van der Waals surface area contributed by atoms with Gasteiger partial charge in [-0.25, -0.2) is 0 Å². The fraction of sp³-hybridized carbons (Fsp3) is 0.154. The molecule has 3 rings (SSSR count). The Morgan fingerprint density at radius 2 is 1.94 bits per heavy atom. The van der Waals surface area contributed by atoms with Crippen LogP contribution in [0.1, 0.15) is 17.1 Å². The second-order valence-corrected chi connectivity index (χ2v) is 3.97. The lowest BCUT2D eigenvalue weighted by molar-refractivity contribution is 0.414. The summed E-state index contributed by atoms with van der Waals surface area (Å²) >= 11 is 0. The maximum atomic E-state index is 5.61. The number of hydrogen-bond donors (Lipinski definition) is 0. The molecule has 2 aromatic heterocycles. The van der Waals surface area contributed by atoms with Crippen molar-refractivity contribution in [1.29, 1.82) is 0 Å². The second-order valence-electron chi connectivity index (χ2n) is 3.97. The van der Waals surface area contributed by atoms with Gasteiger partial charge in [0.05, 0.1) is 12.1 Å². The van der Waals surface area contributed by atoms with Crippen LogP contribution in [0.2, 0.25) is 0 Å². The number of aromatic nitrogens is 3. The van der Waals surface area contributed by atoms with Crippen LogP contribution in [0, 0.1) is 6.92 Å². The third-order valence-electron chi connectivity index (χ3n) is 2.68. The number of nitrogens with zero attached hydrogens (tertiary/aromatic N) is 3. The molecule has 18 heavy (non-hydrogen) atoms. The first-order valence-corrected chi connectivity index (χ1v) is 5.60. The van der Waals surface area contributed by atoms with Gasteiger partial charge in [-0.05, 0) is 19.1 Å². The molecule has 0 N–H and O–H groups in total. The van der Waals surface area contributed by atoms with E-state index in [-0.39, 0.29) is 0 Å². The number of rotatable bonds is 3. The highest BCUT2D eigenvalue weighted by molar-refractivity contribution is 5.51. The van der Waals surface area contributed by atoms with Crippen LogP contribution in [-0.2, 0) is 6.42 Å². The van der Waals surface area contributed by atoms with E-state index in [1.807, 2.05) is 37.3 Å². The lowest BCUT2D eigenvalue weighted by Crippen LogP contribution is -1.88. The first kappa shape index (κ1) is 10.7. The summed E-state index contributed by atoms with van der Waals surface area (Å²) in [7, 11) is 0. The highest BCUT2D eigenvalue weighted by Crippen LogP contribution is 2.19. The highest BCUT2D eigenvalue weighted by atomic mass is 16.5. The van der Waals surface area contributed by atoms with Gasteiger partial charge < -0.3 is 8.94 Å². The van der Waals surface area contributed by atoms with Crippen LogP contribution in [0.4, 0.5) is 0 Å². The van der Waals surface area contributed by atoms with E-state index >= 15 is 0 Å². The SMILES string of the molecule is Cc1nocc1Cc1nnc(-c2ccccc2)o1. The molecule has 0 saturated heterocycles. The van der Waals surface area contributed by atoms with E-state index in [0.29, 0.717) is 18.2 Å². The summed E-state index contributed by atoms with van der Waals surface area (Å²) in [5, 5.41) is 11.9. The van der Waals surface area contributed by atoms with Crippen LogP contribution in [0.3, 0.4) is 0 Å². The van der Waals surface area contributed by atoms with Gasteiger partial charge in [0.25, 0.3) is 0 Å². The van der Waals surface area contributed by atoms with Crippen LogP contribution in [0.5, 0.6) is 0 Å². The van der Waals surface area contributed by atoms with Crippen molar-refractivity contribution < 1.29 is 8.94 Å². The van der Waals surface area contributed by atoms with Gasteiger partial charge in [0.15, 0.2) is 0 Å². The van der Waals surface area contributed by atoms with Crippen molar-refractivity contribution in [1.82, 2.24) is 15.4 Å². The van der Waals surface area contributed by atoms with Gasteiger partial charge in [-0.1, -0.05) is 23.4 Å². The fourth-order valence-electron chi connectivity index (χ4n) is 1.67. The zero-order valence-corrected chi connectivity index (χ0v) is 9.83. The molecule has 0 atom stereocenters. The molecule has 0 aliphatic carbocycles. The van der Waals surface area contributed by atoms with E-state index in [2.05, 4.69) is 15.4 Å². The van der Waals surface area contributed by atoms with Gasteiger partial charge in [0.1, 0.15) is 6.26 Å². The average molecular weight is 241 g/mol. The molecule has 0 aliphatic rings. The fourth-order valence-corrected chi connectivity index (χ4v) is 1.67. The standard InChI is InChI=1S/C13H11N3O2/c1-9-11(8-17-16-9)7-12-14-15-13(18-12)10-5-3-2-4-6-10/h2-6,8H,7H2,1H3. The Morgan fingerprint density at radius 3 is 2.67 bits per heavy atom. The van der Waals surface area contributed by atoms with Crippen LogP contribution in [-0.4, -0.2) is 15.4 Å². The Hall–Kier alpha value is -2.43. The molecular weight excluding hydrogens is 230 g/mol. The van der Waals surface area contributed by atoms with E-state index in [1.165, 1.54) is 0 Å². The van der Waals surface area contributed by atoms with E-state index in [0.717, 1.165) is 16.8 Å². The molecule has 2 heterocycles. The van der Waals surface area contributed by atoms with Crippen LogP contribution in [0.15, 0.2) is 45.5 Å². The average Bonchev–Trinajstić information content (AvgIpc) is 3.02.